The van der Waals surface area contributed by atoms with Gasteiger partial charge in [-0.2, -0.15) is 0 Å². The Hall–Kier alpha value is -2.55. The van der Waals surface area contributed by atoms with Crippen molar-refractivity contribution in [1.29, 1.82) is 0 Å². The van der Waals surface area contributed by atoms with Gasteiger partial charge in [-0.05, 0) is 70.6 Å². The maximum atomic E-state index is 12.4. The molecule has 0 radical (unpaired) electrons. The lowest BCUT2D eigenvalue weighted by atomic mass is 10.1. The van der Waals surface area contributed by atoms with E-state index in [2.05, 4.69) is 47.9 Å². The molecule has 0 amide bonds. The molecule has 53 heavy (non-hydrogen) atoms. The number of allylic oxidation sites excluding steroid dienone is 11. The molecule has 0 spiro atoms. The van der Waals surface area contributed by atoms with Crippen LogP contribution in [0.3, 0.4) is 0 Å². The van der Waals surface area contributed by atoms with Crippen molar-refractivity contribution in [2.45, 2.75) is 174 Å². The quantitative estimate of drug-likeness (QED) is 0.0187. The second-order valence-corrected chi connectivity index (χ2v) is 14.7. The molecular weight excluding hydrogens is 691 g/mol. The first-order chi connectivity index (χ1) is 25.7. The highest BCUT2D eigenvalue weighted by molar-refractivity contribution is 7.46. The molecule has 0 aromatic heterocycles. The third-order valence-electron chi connectivity index (χ3n) is 8.37. The van der Waals surface area contributed by atoms with Crippen LogP contribution in [0, 0.1) is 0 Å². The third kappa shape index (κ3) is 40.5. The zero-order valence-corrected chi connectivity index (χ0v) is 33.9. The summed E-state index contributed by atoms with van der Waals surface area (Å²) in [5.41, 5.74) is 0. The second-order valence-electron chi connectivity index (χ2n) is 13.4. The molecule has 0 fully saturated rings. The number of hydrogen-bond donors (Lipinski definition) is 3. The van der Waals surface area contributed by atoms with Crippen molar-refractivity contribution in [2.24, 2.45) is 0 Å². The van der Waals surface area contributed by atoms with E-state index >= 15 is 0 Å². The Kier molecular flexibility index (Phi) is 35.9. The highest BCUT2D eigenvalue weighted by atomic mass is 31.2. The van der Waals surface area contributed by atoms with Crippen LogP contribution in [0.5, 0.6) is 0 Å². The van der Waals surface area contributed by atoms with E-state index in [9.17, 15) is 19.3 Å². The predicted octanol–water partition coefficient (Wildman–Crippen LogP) is 11.3. The van der Waals surface area contributed by atoms with Crippen LogP contribution in [-0.4, -0.2) is 52.3 Å². The van der Waals surface area contributed by atoms with E-state index in [0.717, 1.165) is 44.9 Å². The van der Waals surface area contributed by atoms with Gasteiger partial charge >= 0.3 is 19.8 Å². The minimum atomic E-state index is -4.78. The molecule has 9 nitrogen and oxygen atoms in total. The molecule has 0 saturated carbocycles. The Morgan fingerprint density at radius 2 is 1.08 bits per heavy atom. The first-order valence-corrected chi connectivity index (χ1v) is 21.9. The number of rotatable bonds is 36. The molecule has 0 aliphatic carbocycles. The van der Waals surface area contributed by atoms with Gasteiger partial charge in [0.25, 0.3) is 0 Å². The van der Waals surface area contributed by atoms with Gasteiger partial charge < -0.3 is 24.4 Å². The number of aliphatic hydroxyl groups excluding tert-OH is 1. The average Bonchev–Trinajstić information content (AvgIpc) is 3.13. The molecule has 0 aromatic carbocycles. The largest absolute Gasteiger partial charge is 0.469 e. The molecule has 0 aromatic rings. The lowest BCUT2D eigenvalue weighted by Gasteiger charge is -2.18. The van der Waals surface area contributed by atoms with Crippen LogP contribution < -0.4 is 0 Å². The zero-order chi connectivity index (χ0) is 39.1. The van der Waals surface area contributed by atoms with Crippen molar-refractivity contribution in [3.05, 3.63) is 72.9 Å². The van der Waals surface area contributed by atoms with E-state index in [0.29, 0.717) is 25.7 Å². The number of esters is 2. The van der Waals surface area contributed by atoms with Crippen molar-refractivity contribution in [2.75, 3.05) is 13.2 Å². The Bertz CT molecular complexity index is 1100. The summed E-state index contributed by atoms with van der Waals surface area (Å²) in [7, 11) is -4.78. The summed E-state index contributed by atoms with van der Waals surface area (Å²) in [5, 5.41) is 9.45. The Morgan fingerprint density at radius 3 is 1.66 bits per heavy atom. The molecule has 10 heteroatoms. The van der Waals surface area contributed by atoms with Crippen molar-refractivity contribution in [3.63, 3.8) is 0 Å². The molecule has 304 valence electrons. The predicted molar refractivity (Wildman–Crippen MR) is 217 cm³/mol. The Balaban J connectivity index is 4.07. The molecule has 3 N–H and O–H groups in total. The van der Waals surface area contributed by atoms with E-state index in [1.165, 1.54) is 64.2 Å². The minimum Gasteiger partial charge on any atom is -0.462 e. The summed E-state index contributed by atoms with van der Waals surface area (Å²) >= 11 is 0. The topological polar surface area (TPSA) is 140 Å². The Labute approximate surface area is 322 Å². The smallest absolute Gasteiger partial charge is 0.462 e. The fraction of sp³-hybridized carbons (Fsp3) is 0.674. The number of aliphatic hydroxyl groups is 1. The highest BCUT2D eigenvalue weighted by Crippen LogP contribution is 2.36. The monoisotopic (exact) mass is 764 g/mol. The first kappa shape index (κ1) is 50.5. The van der Waals surface area contributed by atoms with E-state index in [1.807, 2.05) is 37.3 Å². The molecule has 0 saturated heterocycles. The van der Waals surface area contributed by atoms with E-state index < -0.39 is 32.5 Å². The number of ether oxygens (including phenoxy) is 2. The molecule has 0 unspecified atom stereocenters. The molecule has 0 heterocycles. The van der Waals surface area contributed by atoms with Gasteiger partial charge in [-0.15, -0.1) is 0 Å². The summed E-state index contributed by atoms with van der Waals surface area (Å²) in [6.45, 7) is 3.29. The number of phosphoric acid groups is 1. The van der Waals surface area contributed by atoms with Gasteiger partial charge in [-0.1, -0.05) is 151 Å². The highest BCUT2D eigenvalue weighted by Gasteiger charge is 2.22. The van der Waals surface area contributed by atoms with Crippen LogP contribution in [0.25, 0.3) is 0 Å². The standard InChI is InChI=1S/C43H73O9P/c1-3-5-6-7-8-9-10-11-12-13-14-19-22-25-28-31-34-37-43(46)52-41(39-51-53(47,48)49)38-50-42(45)36-33-30-27-24-21-18-16-15-17-20-23-26-29-32-35-40(44)4-2/h11-12,16-18,20,24,26-27,29,32,35,40-41,44H,3-10,13-15,19,21-23,25,28,30-31,33-34,36-39H2,1-2H3,(H2,47,48,49)/b12-11-,18-16-,20-17-,27-24-,29-26-,35-32+/t40-,41+/m0/s1. The zero-order valence-electron chi connectivity index (χ0n) is 33.0. The van der Waals surface area contributed by atoms with Crippen LogP contribution in [0.2, 0.25) is 0 Å². The number of carbonyl (C=O) groups excluding carboxylic acids is 2. The number of unbranched alkanes of at least 4 members (excludes halogenated alkanes) is 14. The summed E-state index contributed by atoms with van der Waals surface area (Å²) < 4.78 is 26.3. The average molecular weight is 765 g/mol. The molecule has 0 aliphatic rings. The summed E-state index contributed by atoms with van der Waals surface area (Å²) in [5.74, 6) is -0.982. The van der Waals surface area contributed by atoms with Crippen LogP contribution in [-0.2, 0) is 28.2 Å². The maximum Gasteiger partial charge on any atom is 0.469 e. The van der Waals surface area contributed by atoms with Crippen molar-refractivity contribution in [1.82, 2.24) is 0 Å². The summed E-state index contributed by atoms with van der Waals surface area (Å²) in [6, 6.07) is 0. The number of carbonyl (C=O) groups is 2. The normalized spacial score (nSPS) is 13.8. The van der Waals surface area contributed by atoms with Gasteiger partial charge in [-0.3, -0.25) is 14.1 Å². The van der Waals surface area contributed by atoms with Gasteiger partial charge in [-0.25, -0.2) is 4.57 Å². The van der Waals surface area contributed by atoms with Gasteiger partial charge in [0, 0.05) is 12.8 Å². The third-order valence-corrected chi connectivity index (χ3v) is 8.85. The molecular formula is C43H73O9P. The molecule has 0 rings (SSSR count). The summed E-state index contributed by atoms with van der Waals surface area (Å²) in [4.78, 5) is 42.8. The van der Waals surface area contributed by atoms with Gasteiger partial charge in [0.05, 0.1) is 12.7 Å². The van der Waals surface area contributed by atoms with Gasteiger partial charge in [0.15, 0.2) is 6.10 Å². The van der Waals surface area contributed by atoms with Crippen molar-refractivity contribution < 1.29 is 43.0 Å². The first-order valence-electron chi connectivity index (χ1n) is 20.3. The van der Waals surface area contributed by atoms with Crippen LogP contribution in [0.4, 0.5) is 0 Å². The molecule has 2 atom stereocenters. The lowest BCUT2D eigenvalue weighted by molar-refractivity contribution is -0.161. The lowest BCUT2D eigenvalue weighted by Crippen LogP contribution is -2.29. The van der Waals surface area contributed by atoms with Gasteiger partial charge in [0.2, 0.25) is 0 Å². The van der Waals surface area contributed by atoms with Crippen molar-refractivity contribution in [3.8, 4) is 0 Å². The van der Waals surface area contributed by atoms with Crippen molar-refractivity contribution >= 4 is 19.8 Å². The molecule has 0 bridgehead atoms. The van der Waals surface area contributed by atoms with Gasteiger partial charge in [0.1, 0.15) is 6.61 Å². The fourth-order valence-corrected chi connectivity index (χ4v) is 5.54. The fourth-order valence-electron chi connectivity index (χ4n) is 5.18. The number of hydrogen-bond acceptors (Lipinski definition) is 7. The maximum absolute atomic E-state index is 12.4. The van der Waals surface area contributed by atoms with E-state index in [4.69, 9.17) is 19.3 Å². The molecule has 0 aliphatic heterocycles. The summed E-state index contributed by atoms with van der Waals surface area (Å²) in [6.07, 6.45) is 45.8. The van der Waals surface area contributed by atoms with Crippen LogP contribution in [0.15, 0.2) is 72.9 Å². The van der Waals surface area contributed by atoms with E-state index in [1.54, 1.807) is 6.08 Å². The SMILES string of the molecule is CCCCCCCC/C=C\CCCCCCCCCC(=O)O[C@H](COC(=O)CCC/C=C\C/C=C\C/C=C\C/C=C\C=C\[C@@H](O)CC)COP(=O)(O)O. The minimum absolute atomic E-state index is 0.171. The van der Waals surface area contributed by atoms with Crippen LogP contribution in [0.1, 0.15) is 162 Å². The second kappa shape index (κ2) is 37.8. The van der Waals surface area contributed by atoms with E-state index in [-0.39, 0.29) is 25.6 Å². The van der Waals surface area contributed by atoms with Crippen LogP contribution >= 0.6 is 7.82 Å². The Morgan fingerprint density at radius 1 is 0.585 bits per heavy atom. The number of phosphoric ester groups is 1.